The van der Waals surface area contributed by atoms with Crippen molar-refractivity contribution in [2.75, 3.05) is 0 Å². The summed E-state index contributed by atoms with van der Waals surface area (Å²) in [4.78, 5) is 3.02. The van der Waals surface area contributed by atoms with E-state index in [0.29, 0.717) is 5.39 Å². The van der Waals surface area contributed by atoms with Crippen molar-refractivity contribution in [3.05, 3.63) is 35.8 Å². The van der Waals surface area contributed by atoms with Gasteiger partial charge in [-0.1, -0.05) is 13.0 Å². The maximum Gasteiger partial charge on any atom is 0.132 e. The lowest BCUT2D eigenvalue weighted by atomic mass is 10.0. The summed E-state index contributed by atoms with van der Waals surface area (Å²) in [6, 6.07) is 4.91. The van der Waals surface area contributed by atoms with Gasteiger partial charge >= 0.3 is 0 Å². The fourth-order valence-corrected chi connectivity index (χ4v) is 1.68. The van der Waals surface area contributed by atoms with Crippen molar-refractivity contribution in [2.24, 2.45) is 5.73 Å². The van der Waals surface area contributed by atoms with Crippen LogP contribution in [-0.2, 0) is 0 Å². The summed E-state index contributed by atoms with van der Waals surface area (Å²) in [6.07, 6.45) is 2.60. The minimum absolute atomic E-state index is 0.0966. The molecule has 1 atom stereocenters. The van der Waals surface area contributed by atoms with Gasteiger partial charge in [0.15, 0.2) is 0 Å². The summed E-state index contributed by atoms with van der Waals surface area (Å²) >= 11 is 0. The molecular weight excluding hydrogens is 179 g/mol. The molecule has 2 rings (SSSR count). The van der Waals surface area contributed by atoms with Crippen LogP contribution in [0.5, 0.6) is 0 Å². The molecule has 0 unspecified atom stereocenters. The van der Waals surface area contributed by atoms with Crippen LogP contribution in [0, 0.1) is 5.82 Å². The molecule has 1 aromatic carbocycles. The summed E-state index contributed by atoms with van der Waals surface area (Å²) < 4.78 is 13.5. The third-order valence-electron chi connectivity index (χ3n) is 2.52. The van der Waals surface area contributed by atoms with Crippen LogP contribution in [0.2, 0.25) is 0 Å². The van der Waals surface area contributed by atoms with Gasteiger partial charge in [0.2, 0.25) is 0 Å². The van der Waals surface area contributed by atoms with E-state index in [1.54, 1.807) is 12.3 Å². The average molecular weight is 192 g/mol. The number of H-pyrrole nitrogens is 1. The molecule has 1 aromatic heterocycles. The zero-order chi connectivity index (χ0) is 10.1. The van der Waals surface area contributed by atoms with Crippen LogP contribution >= 0.6 is 0 Å². The molecule has 2 aromatic rings. The number of halogens is 1. The standard InChI is InChI=1S/C11H13FN2/c1-2-9(13)7-6-14-10-5-3-4-8(12)11(7)10/h3-6,9,14H,2,13H2,1H3/t9-/m1/s1. The number of nitrogens with one attached hydrogen (secondary N) is 1. The SMILES string of the molecule is CC[C@@H](N)c1c[nH]c2cccc(F)c12. The second kappa shape index (κ2) is 3.42. The average Bonchev–Trinajstić information content (AvgIpc) is 2.62. The largest absolute Gasteiger partial charge is 0.361 e. The third kappa shape index (κ3) is 1.30. The van der Waals surface area contributed by atoms with E-state index in [0.717, 1.165) is 17.5 Å². The number of benzene rings is 1. The molecule has 0 saturated carbocycles. The Hall–Kier alpha value is -1.35. The zero-order valence-corrected chi connectivity index (χ0v) is 8.05. The van der Waals surface area contributed by atoms with Gasteiger partial charge in [0.25, 0.3) is 0 Å². The quantitative estimate of drug-likeness (QED) is 0.754. The van der Waals surface area contributed by atoms with Crippen LogP contribution in [0.4, 0.5) is 4.39 Å². The van der Waals surface area contributed by atoms with Crippen LogP contribution in [0.1, 0.15) is 24.9 Å². The van der Waals surface area contributed by atoms with Gasteiger partial charge in [0.05, 0.1) is 0 Å². The molecule has 0 radical (unpaired) electrons. The first kappa shape index (κ1) is 9.21. The number of rotatable bonds is 2. The predicted octanol–water partition coefficient (Wildman–Crippen LogP) is 2.72. The zero-order valence-electron chi connectivity index (χ0n) is 8.05. The molecule has 0 amide bonds. The van der Waals surface area contributed by atoms with Gasteiger partial charge < -0.3 is 10.7 Å². The fourth-order valence-electron chi connectivity index (χ4n) is 1.68. The van der Waals surface area contributed by atoms with Crippen molar-refractivity contribution in [1.82, 2.24) is 4.98 Å². The van der Waals surface area contributed by atoms with Gasteiger partial charge in [-0.15, -0.1) is 0 Å². The van der Waals surface area contributed by atoms with Crippen LogP contribution in [-0.4, -0.2) is 4.98 Å². The fraction of sp³-hybridized carbons (Fsp3) is 0.273. The van der Waals surface area contributed by atoms with Crippen molar-refractivity contribution in [2.45, 2.75) is 19.4 Å². The Bertz CT molecular complexity index is 447. The molecule has 0 aliphatic rings. The molecule has 0 saturated heterocycles. The van der Waals surface area contributed by atoms with E-state index in [9.17, 15) is 4.39 Å². The molecule has 0 bridgehead atoms. The van der Waals surface area contributed by atoms with Crippen LogP contribution in [0.3, 0.4) is 0 Å². The summed E-state index contributed by atoms with van der Waals surface area (Å²) in [5.74, 6) is -0.206. The van der Waals surface area contributed by atoms with E-state index in [1.165, 1.54) is 6.07 Å². The second-order valence-electron chi connectivity index (χ2n) is 3.42. The number of fused-ring (bicyclic) bond motifs is 1. The van der Waals surface area contributed by atoms with E-state index in [2.05, 4.69) is 4.98 Å². The Balaban J connectivity index is 2.67. The molecule has 0 aliphatic heterocycles. The lowest BCUT2D eigenvalue weighted by Gasteiger charge is -2.06. The number of aromatic nitrogens is 1. The first-order valence-electron chi connectivity index (χ1n) is 4.75. The maximum absolute atomic E-state index is 13.5. The van der Waals surface area contributed by atoms with Gasteiger partial charge in [-0.05, 0) is 24.1 Å². The first-order chi connectivity index (χ1) is 6.74. The summed E-state index contributed by atoms with van der Waals surface area (Å²) in [5, 5.41) is 0.627. The highest BCUT2D eigenvalue weighted by Crippen LogP contribution is 2.26. The van der Waals surface area contributed by atoms with Gasteiger partial charge in [-0.3, -0.25) is 0 Å². The normalized spacial score (nSPS) is 13.4. The van der Waals surface area contributed by atoms with Crippen molar-refractivity contribution in [1.29, 1.82) is 0 Å². The van der Waals surface area contributed by atoms with Gasteiger partial charge in [0.1, 0.15) is 5.82 Å². The smallest absolute Gasteiger partial charge is 0.132 e. The molecule has 3 N–H and O–H groups in total. The van der Waals surface area contributed by atoms with Gasteiger partial charge in [0, 0.05) is 23.1 Å². The number of aromatic amines is 1. The Morgan fingerprint density at radius 3 is 3.00 bits per heavy atom. The Kier molecular flexibility index (Phi) is 2.25. The van der Waals surface area contributed by atoms with E-state index < -0.39 is 0 Å². The van der Waals surface area contributed by atoms with Crippen LogP contribution < -0.4 is 5.73 Å². The van der Waals surface area contributed by atoms with Gasteiger partial charge in [-0.25, -0.2) is 4.39 Å². The highest BCUT2D eigenvalue weighted by atomic mass is 19.1. The first-order valence-corrected chi connectivity index (χ1v) is 4.75. The number of nitrogens with two attached hydrogens (primary N) is 1. The molecule has 0 aliphatic carbocycles. The van der Waals surface area contributed by atoms with Crippen LogP contribution in [0.25, 0.3) is 10.9 Å². The molecular formula is C11H13FN2. The van der Waals surface area contributed by atoms with Crippen LogP contribution in [0.15, 0.2) is 24.4 Å². The molecule has 0 fully saturated rings. The molecule has 0 spiro atoms. The van der Waals surface area contributed by atoms with Crippen molar-refractivity contribution < 1.29 is 4.39 Å². The third-order valence-corrected chi connectivity index (χ3v) is 2.52. The van der Waals surface area contributed by atoms with E-state index >= 15 is 0 Å². The van der Waals surface area contributed by atoms with Crippen molar-refractivity contribution in [3.8, 4) is 0 Å². The summed E-state index contributed by atoms with van der Waals surface area (Å²) in [7, 11) is 0. The minimum Gasteiger partial charge on any atom is -0.361 e. The Labute approximate surface area is 81.9 Å². The molecule has 3 heteroatoms. The van der Waals surface area contributed by atoms with E-state index in [4.69, 9.17) is 5.73 Å². The lowest BCUT2D eigenvalue weighted by Crippen LogP contribution is -2.08. The van der Waals surface area contributed by atoms with E-state index in [1.807, 2.05) is 13.0 Å². The molecule has 2 nitrogen and oxygen atoms in total. The Morgan fingerprint density at radius 2 is 2.29 bits per heavy atom. The van der Waals surface area contributed by atoms with Crippen molar-refractivity contribution in [3.63, 3.8) is 0 Å². The highest BCUT2D eigenvalue weighted by Gasteiger charge is 2.12. The molecule has 74 valence electrons. The minimum atomic E-state index is -0.206. The predicted molar refractivity (Wildman–Crippen MR) is 55.5 cm³/mol. The monoisotopic (exact) mass is 192 g/mol. The number of hydrogen-bond donors (Lipinski definition) is 2. The molecule has 1 heterocycles. The van der Waals surface area contributed by atoms with Crippen molar-refractivity contribution >= 4 is 10.9 Å². The molecule has 14 heavy (non-hydrogen) atoms. The lowest BCUT2D eigenvalue weighted by molar-refractivity contribution is 0.634. The van der Waals surface area contributed by atoms with E-state index in [-0.39, 0.29) is 11.9 Å². The maximum atomic E-state index is 13.5. The second-order valence-corrected chi connectivity index (χ2v) is 3.42. The number of hydrogen-bond acceptors (Lipinski definition) is 1. The Morgan fingerprint density at radius 1 is 1.50 bits per heavy atom. The topological polar surface area (TPSA) is 41.8 Å². The van der Waals surface area contributed by atoms with Gasteiger partial charge in [-0.2, -0.15) is 0 Å². The summed E-state index contributed by atoms with van der Waals surface area (Å²) in [6.45, 7) is 1.99. The summed E-state index contributed by atoms with van der Waals surface area (Å²) in [5.41, 5.74) is 7.56. The highest BCUT2D eigenvalue weighted by molar-refractivity contribution is 5.84.